The molecule has 0 aliphatic rings. The molecule has 0 aromatic heterocycles. The molecule has 0 fully saturated rings. The molecule has 4 nitrogen and oxygen atoms in total. The lowest BCUT2D eigenvalue weighted by Crippen LogP contribution is -2.24. The Morgan fingerprint density at radius 1 is 1.17 bits per heavy atom. The van der Waals surface area contributed by atoms with Crippen molar-refractivity contribution in [3.8, 4) is 11.5 Å². The van der Waals surface area contributed by atoms with E-state index in [0.29, 0.717) is 11.6 Å². The lowest BCUT2D eigenvalue weighted by molar-refractivity contribution is -0.0498. The van der Waals surface area contributed by atoms with E-state index in [2.05, 4.69) is 10.1 Å². The van der Waals surface area contributed by atoms with Crippen molar-refractivity contribution in [3.63, 3.8) is 0 Å². The zero-order valence-corrected chi connectivity index (χ0v) is 11.8. The molecule has 0 bridgehead atoms. The van der Waals surface area contributed by atoms with E-state index in [4.69, 9.17) is 5.11 Å². The van der Waals surface area contributed by atoms with Gasteiger partial charge in [0.2, 0.25) is 5.82 Å². The van der Waals surface area contributed by atoms with Crippen LogP contribution in [0.4, 0.5) is 22.0 Å². The van der Waals surface area contributed by atoms with Crippen LogP contribution in [-0.2, 0) is 6.54 Å². The number of ether oxygens (including phenoxy) is 1. The second-order valence-electron chi connectivity index (χ2n) is 4.59. The summed E-state index contributed by atoms with van der Waals surface area (Å²) in [4.78, 5) is 11.8. The Balaban J connectivity index is 2.12. The number of phenols is 1. The lowest BCUT2D eigenvalue weighted by Gasteiger charge is -2.09. The number of carbonyl (C=O) groups excluding carboxylic acids is 1. The van der Waals surface area contributed by atoms with Gasteiger partial charge in [0.15, 0.2) is 17.4 Å². The third kappa shape index (κ3) is 3.92. The third-order valence-electron chi connectivity index (χ3n) is 2.95. The van der Waals surface area contributed by atoms with Crippen molar-refractivity contribution in [2.24, 2.45) is 0 Å². The highest BCUT2D eigenvalue weighted by Gasteiger charge is 2.22. The molecule has 0 atom stereocenters. The summed E-state index contributed by atoms with van der Waals surface area (Å²) in [6.45, 7) is -3.24. The van der Waals surface area contributed by atoms with Crippen LogP contribution in [0.3, 0.4) is 0 Å². The highest BCUT2D eigenvalue weighted by molar-refractivity contribution is 5.94. The second-order valence-corrected chi connectivity index (χ2v) is 4.59. The van der Waals surface area contributed by atoms with Gasteiger partial charge in [-0.05, 0) is 23.8 Å². The minimum absolute atomic E-state index is 0.145. The molecule has 0 saturated heterocycles. The number of halogens is 5. The minimum atomic E-state index is -3.02. The van der Waals surface area contributed by atoms with E-state index in [1.165, 1.54) is 24.3 Å². The van der Waals surface area contributed by atoms with Crippen molar-refractivity contribution in [2.45, 2.75) is 13.2 Å². The summed E-state index contributed by atoms with van der Waals surface area (Å²) in [6, 6.07) is 5.65. The number of nitrogens with one attached hydrogen (secondary N) is 1. The Bertz CT molecular complexity index is 767. The SMILES string of the molecule is O=C(NCc1cccc(OC(F)F)c1)c1cc(F)c(F)c(O)c1F. The quantitative estimate of drug-likeness (QED) is 0.644. The van der Waals surface area contributed by atoms with Gasteiger partial charge in [-0.15, -0.1) is 0 Å². The Morgan fingerprint density at radius 3 is 2.54 bits per heavy atom. The number of aromatic hydroxyl groups is 1. The maximum atomic E-state index is 13.6. The minimum Gasteiger partial charge on any atom is -0.503 e. The van der Waals surface area contributed by atoms with Crippen molar-refractivity contribution in [2.75, 3.05) is 0 Å². The average Bonchev–Trinajstić information content (AvgIpc) is 2.53. The van der Waals surface area contributed by atoms with Crippen LogP contribution >= 0.6 is 0 Å². The van der Waals surface area contributed by atoms with Crippen LogP contribution in [0.5, 0.6) is 11.5 Å². The van der Waals surface area contributed by atoms with Gasteiger partial charge < -0.3 is 15.2 Å². The molecule has 2 rings (SSSR count). The lowest BCUT2D eigenvalue weighted by atomic mass is 10.1. The van der Waals surface area contributed by atoms with Crippen LogP contribution in [0.25, 0.3) is 0 Å². The normalized spacial score (nSPS) is 10.8. The molecular formula is C15H10F5NO3. The molecule has 2 aromatic rings. The number of alkyl halides is 2. The summed E-state index contributed by atoms with van der Waals surface area (Å²) in [5.74, 6) is -7.88. The predicted octanol–water partition coefficient (Wildman–Crippen LogP) is 3.34. The number of phenolic OH excluding ortho intramolecular Hbond substituents is 1. The first-order valence-electron chi connectivity index (χ1n) is 6.48. The van der Waals surface area contributed by atoms with Gasteiger partial charge in [-0.2, -0.15) is 13.2 Å². The molecule has 2 aromatic carbocycles. The zero-order chi connectivity index (χ0) is 17.9. The number of rotatable bonds is 5. The standard InChI is InChI=1S/C15H10F5NO3/c16-10-5-9(11(17)13(22)12(10)18)14(23)21-6-7-2-1-3-8(4-7)24-15(19)20/h1-5,15,22H,6H2,(H,21,23). The third-order valence-corrected chi connectivity index (χ3v) is 2.95. The van der Waals surface area contributed by atoms with Gasteiger partial charge in [0, 0.05) is 6.54 Å². The van der Waals surface area contributed by atoms with Crippen LogP contribution in [0.2, 0.25) is 0 Å². The molecule has 24 heavy (non-hydrogen) atoms. The second kappa shape index (κ2) is 7.16. The average molecular weight is 347 g/mol. The summed E-state index contributed by atoms with van der Waals surface area (Å²) in [5, 5.41) is 11.3. The smallest absolute Gasteiger partial charge is 0.387 e. The Morgan fingerprint density at radius 2 is 1.88 bits per heavy atom. The van der Waals surface area contributed by atoms with Crippen LogP contribution in [0, 0.1) is 17.5 Å². The summed E-state index contributed by atoms with van der Waals surface area (Å²) < 4.78 is 68.1. The van der Waals surface area contributed by atoms with Crippen molar-refractivity contribution in [3.05, 3.63) is 58.9 Å². The summed E-state index contributed by atoms with van der Waals surface area (Å²) in [5.41, 5.74) is -0.555. The molecule has 0 radical (unpaired) electrons. The summed E-state index contributed by atoms with van der Waals surface area (Å²) >= 11 is 0. The fourth-order valence-electron chi connectivity index (χ4n) is 1.86. The molecular weight excluding hydrogens is 337 g/mol. The Labute approximate surface area is 132 Å². The summed E-state index contributed by atoms with van der Waals surface area (Å²) in [6.07, 6.45) is 0. The molecule has 128 valence electrons. The van der Waals surface area contributed by atoms with Gasteiger partial charge in [0.25, 0.3) is 5.91 Å². The fourth-order valence-corrected chi connectivity index (χ4v) is 1.86. The van der Waals surface area contributed by atoms with E-state index < -0.39 is 41.3 Å². The van der Waals surface area contributed by atoms with Crippen molar-refractivity contribution >= 4 is 5.91 Å². The number of carbonyl (C=O) groups is 1. The van der Waals surface area contributed by atoms with E-state index in [1.807, 2.05) is 0 Å². The van der Waals surface area contributed by atoms with Crippen LogP contribution in [0.15, 0.2) is 30.3 Å². The number of amides is 1. The topological polar surface area (TPSA) is 58.6 Å². The van der Waals surface area contributed by atoms with Crippen LogP contribution in [-0.4, -0.2) is 17.6 Å². The van der Waals surface area contributed by atoms with Gasteiger partial charge in [0.1, 0.15) is 5.75 Å². The maximum absolute atomic E-state index is 13.6. The molecule has 0 aliphatic heterocycles. The first kappa shape index (κ1) is 17.5. The van der Waals surface area contributed by atoms with E-state index in [1.54, 1.807) is 0 Å². The monoisotopic (exact) mass is 347 g/mol. The van der Waals surface area contributed by atoms with E-state index in [9.17, 15) is 26.7 Å². The van der Waals surface area contributed by atoms with Gasteiger partial charge in [-0.25, -0.2) is 8.78 Å². The molecule has 0 saturated carbocycles. The molecule has 9 heteroatoms. The first-order valence-corrected chi connectivity index (χ1v) is 6.48. The van der Waals surface area contributed by atoms with Gasteiger partial charge in [-0.3, -0.25) is 4.79 Å². The summed E-state index contributed by atoms with van der Waals surface area (Å²) in [7, 11) is 0. The largest absolute Gasteiger partial charge is 0.503 e. The molecule has 0 spiro atoms. The number of hydrogen-bond acceptors (Lipinski definition) is 3. The predicted molar refractivity (Wildman–Crippen MR) is 72.2 cm³/mol. The van der Waals surface area contributed by atoms with E-state index in [0.717, 1.165) is 0 Å². The van der Waals surface area contributed by atoms with Crippen molar-refractivity contribution in [1.82, 2.24) is 5.32 Å². The van der Waals surface area contributed by atoms with Crippen LogP contribution < -0.4 is 10.1 Å². The first-order chi connectivity index (χ1) is 11.3. The van der Waals surface area contributed by atoms with E-state index in [-0.39, 0.29) is 12.3 Å². The van der Waals surface area contributed by atoms with Gasteiger partial charge in [0.05, 0.1) is 5.56 Å². The number of hydrogen-bond donors (Lipinski definition) is 2. The highest BCUT2D eigenvalue weighted by atomic mass is 19.3. The molecule has 0 heterocycles. The van der Waals surface area contributed by atoms with Gasteiger partial charge in [-0.1, -0.05) is 12.1 Å². The highest BCUT2D eigenvalue weighted by Crippen LogP contribution is 2.25. The van der Waals surface area contributed by atoms with E-state index >= 15 is 0 Å². The molecule has 0 aliphatic carbocycles. The Hall–Kier alpha value is -2.84. The Kier molecular flexibility index (Phi) is 5.22. The fraction of sp³-hybridized carbons (Fsp3) is 0.133. The molecule has 0 unspecified atom stereocenters. The van der Waals surface area contributed by atoms with Crippen LogP contribution in [0.1, 0.15) is 15.9 Å². The maximum Gasteiger partial charge on any atom is 0.387 e. The van der Waals surface area contributed by atoms with Crippen molar-refractivity contribution < 1.29 is 36.6 Å². The molecule has 1 amide bonds. The number of benzene rings is 2. The van der Waals surface area contributed by atoms with Crippen molar-refractivity contribution in [1.29, 1.82) is 0 Å². The molecule has 2 N–H and O–H groups in total. The van der Waals surface area contributed by atoms with Gasteiger partial charge >= 0.3 is 6.61 Å². The zero-order valence-electron chi connectivity index (χ0n) is 11.8.